The number of carbonyl (C=O) groups is 2. The van der Waals surface area contributed by atoms with Gasteiger partial charge in [0, 0.05) is 29.8 Å². The van der Waals surface area contributed by atoms with Crippen LogP contribution in [-0.4, -0.2) is 21.6 Å². The van der Waals surface area contributed by atoms with E-state index in [0.29, 0.717) is 10.8 Å². The van der Waals surface area contributed by atoms with Gasteiger partial charge in [-0.25, -0.2) is 8.78 Å². The molecule has 0 spiro atoms. The molecule has 1 aliphatic carbocycles. The molecule has 1 unspecified atom stereocenters. The summed E-state index contributed by atoms with van der Waals surface area (Å²) < 4.78 is 28.7. The Labute approximate surface area is 175 Å². The van der Waals surface area contributed by atoms with E-state index < -0.39 is 23.4 Å². The molecule has 1 aliphatic rings. The van der Waals surface area contributed by atoms with Gasteiger partial charge in [-0.15, -0.1) is 11.3 Å². The molecular formula is C21H20F2N4O2S. The number of thiophene rings is 1. The lowest BCUT2D eigenvalue weighted by Gasteiger charge is -2.16. The van der Waals surface area contributed by atoms with E-state index in [-0.39, 0.29) is 16.8 Å². The monoisotopic (exact) mass is 430 g/mol. The molecular weight excluding hydrogens is 410 g/mol. The summed E-state index contributed by atoms with van der Waals surface area (Å²) >= 11 is 1.44. The lowest BCUT2D eigenvalue weighted by molar-refractivity contribution is 0.0849. The van der Waals surface area contributed by atoms with Gasteiger partial charge in [-0.1, -0.05) is 6.92 Å². The highest BCUT2D eigenvalue weighted by molar-refractivity contribution is 7.14. The van der Waals surface area contributed by atoms with Gasteiger partial charge in [-0.3, -0.25) is 25.1 Å². The standard InChI is InChI=1S/C21H20F2N4O2S/c1-11-3-6-17-12(7-11)8-18(30-17)21(29)25-24-20(28)15-10-27(2)26-19(15)14-5-4-13(22)9-16(14)23/h4-5,8-11H,3,6-7H2,1-2H3,(H,24,28)(H,25,29). The van der Waals surface area contributed by atoms with Crippen molar-refractivity contribution in [3.8, 4) is 11.3 Å². The Morgan fingerprint density at radius 2 is 1.97 bits per heavy atom. The van der Waals surface area contributed by atoms with Gasteiger partial charge in [-0.05, 0) is 48.9 Å². The Hall–Kier alpha value is -3.07. The quantitative estimate of drug-likeness (QED) is 0.623. The number of hydrazine groups is 1. The minimum Gasteiger partial charge on any atom is -0.274 e. The topological polar surface area (TPSA) is 76.0 Å². The molecule has 0 aliphatic heterocycles. The lowest BCUT2D eigenvalue weighted by Crippen LogP contribution is -2.41. The normalized spacial score (nSPS) is 15.5. The van der Waals surface area contributed by atoms with E-state index in [1.807, 2.05) is 6.07 Å². The van der Waals surface area contributed by atoms with Gasteiger partial charge < -0.3 is 0 Å². The van der Waals surface area contributed by atoms with E-state index in [9.17, 15) is 18.4 Å². The van der Waals surface area contributed by atoms with Crippen molar-refractivity contribution in [1.82, 2.24) is 20.6 Å². The smallest absolute Gasteiger partial charge is 0.274 e. The zero-order chi connectivity index (χ0) is 21.4. The molecule has 30 heavy (non-hydrogen) atoms. The summed E-state index contributed by atoms with van der Waals surface area (Å²) in [4.78, 5) is 26.9. The Morgan fingerprint density at radius 3 is 2.73 bits per heavy atom. The first kappa shape index (κ1) is 20.2. The number of hydrogen-bond donors (Lipinski definition) is 2. The van der Waals surface area contributed by atoms with Gasteiger partial charge in [-0.2, -0.15) is 5.10 Å². The first-order valence-electron chi connectivity index (χ1n) is 9.53. The summed E-state index contributed by atoms with van der Waals surface area (Å²) in [6, 6.07) is 4.92. The van der Waals surface area contributed by atoms with Gasteiger partial charge in [0.15, 0.2) is 0 Å². The number of aryl methyl sites for hydroxylation is 2. The third-order valence-electron chi connectivity index (χ3n) is 5.10. The molecule has 1 aromatic carbocycles. The van der Waals surface area contributed by atoms with Crippen LogP contribution in [0.25, 0.3) is 11.3 Å². The fourth-order valence-corrected chi connectivity index (χ4v) is 4.70. The maximum Gasteiger partial charge on any atom is 0.279 e. The average Bonchev–Trinajstić information content (AvgIpc) is 3.29. The highest BCUT2D eigenvalue weighted by Gasteiger charge is 2.23. The molecule has 0 radical (unpaired) electrons. The number of carbonyl (C=O) groups excluding carboxylic acids is 2. The second-order valence-corrected chi connectivity index (χ2v) is 8.64. The number of nitrogens with one attached hydrogen (secondary N) is 2. The third-order valence-corrected chi connectivity index (χ3v) is 6.34. The van der Waals surface area contributed by atoms with Crippen LogP contribution < -0.4 is 10.9 Å². The van der Waals surface area contributed by atoms with Crippen LogP contribution in [0, 0.1) is 17.6 Å². The van der Waals surface area contributed by atoms with Gasteiger partial charge in [0.25, 0.3) is 11.8 Å². The SMILES string of the molecule is CC1CCc2sc(C(=O)NNC(=O)c3cn(C)nc3-c3ccc(F)cc3F)cc2C1. The van der Waals surface area contributed by atoms with E-state index >= 15 is 0 Å². The highest BCUT2D eigenvalue weighted by atomic mass is 32.1. The van der Waals surface area contributed by atoms with Gasteiger partial charge in [0.05, 0.1) is 10.4 Å². The van der Waals surface area contributed by atoms with E-state index in [1.165, 1.54) is 38.7 Å². The summed E-state index contributed by atoms with van der Waals surface area (Å²) in [5.41, 5.74) is 6.07. The van der Waals surface area contributed by atoms with Crippen LogP contribution in [0.15, 0.2) is 30.5 Å². The summed E-state index contributed by atoms with van der Waals surface area (Å²) in [6.45, 7) is 2.19. The number of halogens is 2. The summed E-state index contributed by atoms with van der Waals surface area (Å²) in [5.74, 6) is -2.01. The molecule has 2 amide bonds. The van der Waals surface area contributed by atoms with Crippen LogP contribution in [0.1, 0.15) is 43.8 Å². The number of rotatable bonds is 3. The average molecular weight is 430 g/mol. The van der Waals surface area contributed by atoms with Crippen LogP contribution in [0.5, 0.6) is 0 Å². The van der Waals surface area contributed by atoms with Gasteiger partial charge >= 0.3 is 0 Å². The van der Waals surface area contributed by atoms with E-state index in [1.54, 1.807) is 7.05 Å². The first-order valence-corrected chi connectivity index (χ1v) is 10.3. The molecule has 0 fully saturated rings. The third kappa shape index (κ3) is 3.97. The Balaban J connectivity index is 1.49. The Bertz CT molecular complexity index is 1140. The molecule has 9 heteroatoms. The van der Waals surface area contributed by atoms with Crippen molar-refractivity contribution in [2.45, 2.75) is 26.2 Å². The number of benzene rings is 1. The van der Waals surface area contributed by atoms with Crippen LogP contribution in [0.4, 0.5) is 8.78 Å². The molecule has 2 aromatic heterocycles. The lowest BCUT2D eigenvalue weighted by atomic mass is 9.90. The molecule has 3 aromatic rings. The molecule has 156 valence electrons. The molecule has 0 saturated carbocycles. The van der Waals surface area contributed by atoms with Crippen molar-refractivity contribution in [2.24, 2.45) is 13.0 Å². The second-order valence-electron chi connectivity index (χ2n) is 7.50. The maximum atomic E-state index is 14.2. The zero-order valence-electron chi connectivity index (χ0n) is 16.5. The molecule has 2 heterocycles. The fraction of sp³-hybridized carbons (Fsp3) is 0.286. The number of nitrogens with zero attached hydrogens (tertiary/aromatic N) is 2. The van der Waals surface area contributed by atoms with Crippen molar-refractivity contribution < 1.29 is 18.4 Å². The Kier molecular flexibility index (Phi) is 5.38. The van der Waals surface area contributed by atoms with Crippen LogP contribution >= 0.6 is 11.3 Å². The van der Waals surface area contributed by atoms with Crippen LogP contribution in [-0.2, 0) is 19.9 Å². The summed E-state index contributed by atoms with van der Waals surface area (Å²) in [5, 5.41) is 4.11. The van der Waals surface area contributed by atoms with Gasteiger partial charge in [0.2, 0.25) is 0 Å². The highest BCUT2D eigenvalue weighted by Crippen LogP contribution is 2.32. The van der Waals surface area contributed by atoms with Crippen molar-refractivity contribution in [2.75, 3.05) is 0 Å². The molecule has 1 atom stereocenters. The van der Waals surface area contributed by atoms with Crippen molar-refractivity contribution in [3.05, 3.63) is 63.0 Å². The molecule has 6 nitrogen and oxygen atoms in total. The van der Waals surface area contributed by atoms with Crippen molar-refractivity contribution >= 4 is 23.2 Å². The number of aromatic nitrogens is 2. The first-order chi connectivity index (χ1) is 14.3. The summed E-state index contributed by atoms with van der Waals surface area (Å²) in [6.07, 6.45) is 4.43. The largest absolute Gasteiger partial charge is 0.279 e. The number of amides is 2. The number of hydrogen-bond acceptors (Lipinski definition) is 4. The Morgan fingerprint density at radius 1 is 1.20 bits per heavy atom. The van der Waals surface area contributed by atoms with Crippen molar-refractivity contribution in [3.63, 3.8) is 0 Å². The number of fused-ring (bicyclic) bond motifs is 1. The van der Waals surface area contributed by atoms with E-state index in [4.69, 9.17) is 0 Å². The second kappa shape index (κ2) is 7.98. The molecule has 0 saturated heterocycles. The minimum atomic E-state index is -0.829. The maximum absolute atomic E-state index is 14.2. The van der Waals surface area contributed by atoms with Gasteiger partial charge in [0.1, 0.15) is 17.3 Å². The molecule has 0 bridgehead atoms. The fourth-order valence-electron chi connectivity index (χ4n) is 3.60. The molecule has 4 rings (SSSR count). The van der Waals surface area contributed by atoms with E-state index in [0.717, 1.165) is 31.4 Å². The zero-order valence-corrected chi connectivity index (χ0v) is 17.3. The predicted octanol–water partition coefficient (Wildman–Crippen LogP) is 3.63. The predicted molar refractivity (Wildman–Crippen MR) is 109 cm³/mol. The minimum absolute atomic E-state index is 0.00599. The van der Waals surface area contributed by atoms with E-state index in [2.05, 4.69) is 22.9 Å². The van der Waals surface area contributed by atoms with Crippen molar-refractivity contribution in [1.29, 1.82) is 0 Å². The molecule has 2 N–H and O–H groups in total. The summed E-state index contributed by atoms with van der Waals surface area (Å²) in [7, 11) is 1.58. The van der Waals surface area contributed by atoms with Crippen LogP contribution in [0.3, 0.4) is 0 Å². The van der Waals surface area contributed by atoms with Crippen LogP contribution in [0.2, 0.25) is 0 Å².